The molecule has 0 aromatic rings. The molecule has 0 fully saturated rings. The average Bonchev–Trinajstić information content (AvgIpc) is 1.67. The average molecular weight is 284 g/mol. The van der Waals surface area contributed by atoms with E-state index in [1.54, 1.807) is 0 Å². The molecule has 0 N–H and O–H groups in total. The minimum absolute atomic E-state index is 1.09. The van der Waals surface area contributed by atoms with Crippen LogP contribution in [0.1, 0.15) is 0 Å². The van der Waals surface area contributed by atoms with Crippen LogP contribution >= 0.6 is 0 Å². The molecule has 0 aliphatic carbocycles. The predicted octanol–water partition coefficient (Wildman–Crippen LogP) is 0.625. The Hall–Kier alpha value is 0.554. The Morgan fingerprint density at radius 1 is 0.353 bits per heavy atom. The first-order valence-electron chi connectivity index (χ1n) is 6.26. The monoisotopic (exact) mass is 284 g/mol. The Morgan fingerprint density at radius 2 is 0.471 bits per heavy atom. The molecular weight excluding hydrogens is 248 g/mol. The molecule has 0 heterocycles. The van der Waals surface area contributed by atoms with Gasteiger partial charge in [-0.2, -0.15) is 0 Å². The van der Waals surface area contributed by atoms with Crippen molar-refractivity contribution in [3.8, 4) is 0 Å². The molecule has 0 aliphatic rings. The summed E-state index contributed by atoms with van der Waals surface area (Å²) in [4.78, 5) is 0. The Kier molecular flexibility index (Phi) is 4.43. The fourth-order valence-electron chi connectivity index (χ4n) is 5.40. The van der Waals surface area contributed by atoms with Crippen molar-refractivity contribution in [1.29, 1.82) is 0 Å². The van der Waals surface area contributed by atoms with Crippen LogP contribution in [0, 0.1) is 0 Å². The molecule has 0 rings (SSSR count). The van der Waals surface area contributed by atoms with E-state index < -0.39 is 17.6 Å². The number of rotatable bonds is 4. The molecule has 5 heteroatoms. The van der Waals surface area contributed by atoms with E-state index >= 15 is 0 Å². The van der Waals surface area contributed by atoms with Crippen LogP contribution in [0.2, 0.25) is 0 Å². The van der Waals surface area contributed by atoms with E-state index in [9.17, 15) is 0 Å². The van der Waals surface area contributed by atoms with Crippen molar-refractivity contribution in [3.63, 3.8) is 0 Å². The van der Waals surface area contributed by atoms with Gasteiger partial charge in [0.15, 0.2) is 0 Å². The minimum atomic E-state index is -2.50. The summed E-state index contributed by atoms with van der Waals surface area (Å²) in [6.07, 6.45) is 0. The van der Waals surface area contributed by atoms with Gasteiger partial charge in [-0.3, -0.25) is 0 Å². The molecule has 0 aromatic heterocycles. The quantitative estimate of drug-likeness (QED) is 0.664. The summed E-state index contributed by atoms with van der Waals surface area (Å²) in [5, 5.41) is 0. The van der Waals surface area contributed by atoms with Crippen LogP contribution in [0.25, 0.3) is 0 Å². The van der Waals surface area contributed by atoms with Gasteiger partial charge in [0, 0.05) is 0 Å². The van der Waals surface area contributed by atoms with E-state index in [0.29, 0.717) is 0 Å². The Labute approximate surface area is 114 Å². The number of hydrogen-bond acceptors (Lipinski definition) is 0. The molecular formula is C12H36N4Ti+4. The van der Waals surface area contributed by atoms with Gasteiger partial charge in [0.05, 0.1) is 0 Å². The van der Waals surface area contributed by atoms with E-state index in [4.69, 9.17) is 0 Å². The first-order chi connectivity index (χ1) is 7.00. The molecule has 0 aromatic carbocycles. The van der Waals surface area contributed by atoms with Gasteiger partial charge >= 0.3 is 114 Å². The topological polar surface area (TPSA) is 0 Å². The van der Waals surface area contributed by atoms with Crippen LogP contribution in [-0.2, 0) is 17.6 Å². The maximum atomic E-state index is 2.39. The van der Waals surface area contributed by atoms with Crippen molar-refractivity contribution in [1.82, 2.24) is 0 Å². The second kappa shape index (κ2) is 4.29. The number of nitrogens with zero attached hydrogens (tertiary/aromatic N) is 4. The fraction of sp³-hybridized carbons (Fsp3) is 1.00. The third-order valence-corrected chi connectivity index (χ3v) is 14.8. The standard InChI is InChI=1S/4C3H9N.Ti/c4*1-4(2)3;/h4*1-3H3;/q;;;;+4. The Morgan fingerprint density at radius 3 is 0.471 bits per heavy atom. The van der Waals surface area contributed by atoms with Gasteiger partial charge in [-0.05, 0) is 0 Å². The predicted molar refractivity (Wildman–Crippen MR) is 72.1 cm³/mol. The van der Waals surface area contributed by atoms with E-state index in [1.165, 1.54) is 0 Å². The normalized spacial score (nSPS) is 16.2. The second-order valence-corrected chi connectivity index (χ2v) is 18.9. The van der Waals surface area contributed by atoms with Crippen LogP contribution in [-0.4, -0.2) is 96.4 Å². The van der Waals surface area contributed by atoms with Gasteiger partial charge < -0.3 is 0 Å². The Balaban J connectivity index is 6.37. The van der Waals surface area contributed by atoms with E-state index in [0.717, 1.165) is 11.9 Å². The molecule has 104 valence electrons. The SMILES string of the molecule is C[N+](C)(C)[Ti]([N+](C)(C)C)([N+](C)(C)C)[N+](C)(C)C. The van der Waals surface area contributed by atoms with E-state index in [2.05, 4.69) is 84.6 Å². The summed E-state index contributed by atoms with van der Waals surface area (Å²) >= 11 is -2.50. The summed E-state index contributed by atoms with van der Waals surface area (Å²) in [7, 11) is 28.6. The summed E-state index contributed by atoms with van der Waals surface area (Å²) in [5.74, 6) is 0. The van der Waals surface area contributed by atoms with Crippen molar-refractivity contribution in [2.24, 2.45) is 0 Å². The fourth-order valence-corrected chi connectivity index (χ4v) is 22.3. The summed E-state index contributed by atoms with van der Waals surface area (Å²) in [5.41, 5.74) is 0. The van der Waals surface area contributed by atoms with E-state index in [-0.39, 0.29) is 0 Å². The maximum absolute atomic E-state index is 2.50. The van der Waals surface area contributed by atoms with Gasteiger partial charge in [0.25, 0.3) is 0 Å². The number of quaternary nitrogens is 4. The van der Waals surface area contributed by atoms with Gasteiger partial charge in [-0.15, -0.1) is 0 Å². The van der Waals surface area contributed by atoms with Gasteiger partial charge in [0.1, 0.15) is 0 Å². The zero-order valence-electron chi connectivity index (χ0n) is 14.3. The molecule has 0 amide bonds. The van der Waals surface area contributed by atoms with Crippen molar-refractivity contribution in [2.75, 3.05) is 84.6 Å². The zero-order valence-corrected chi connectivity index (χ0v) is 15.9. The van der Waals surface area contributed by atoms with Crippen LogP contribution in [0.5, 0.6) is 0 Å². The molecule has 0 bridgehead atoms. The first-order valence-corrected chi connectivity index (χ1v) is 9.05. The third-order valence-electron chi connectivity index (χ3n) is 3.60. The van der Waals surface area contributed by atoms with Crippen molar-refractivity contribution >= 4 is 0 Å². The van der Waals surface area contributed by atoms with Crippen molar-refractivity contribution in [2.45, 2.75) is 0 Å². The summed E-state index contributed by atoms with van der Waals surface area (Å²) in [6, 6.07) is 0. The first kappa shape index (κ1) is 17.6. The molecule has 0 spiro atoms. The van der Waals surface area contributed by atoms with Crippen LogP contribution in [0.3, 0.4) is 0 Å². The molecule has 0 radical (unpaired) electrons. The number of hydrogen-bond donors (Lipinski definition) is 0. The van der Waals surface area contributed by atoms with Crippen LogP contribution < -0.4 is 0 Å². The molecule has 0 unspecified atom stereocenters. The zero-order chi connectivity index (χ0) is 14.5. The molecule has 0 saturated heterocycles. The van der Waals surface area contributed by atoms with Gasteiger partial charge in [-0.1, -0.05) is 0 Å². The molecule has 4 nitrogen and oxygen atoms in total. The molecule has 0 aliphatic heterocycles. The molecule has 17 heavy (non-hydrogen) atoms. The van der Waals surface area contributed by atoms with Crippen molar-refractivity contribution in [3.05, 3.63) is 0 Å². The van der Waals surface area contributed by atoms with Crippen molar-refractivity contribution < 1.29 is 29.5 Å². The van der Waals surface area contributed by atoms with Gasteiger partial charge in [0.2, 0.25) is 0 Å². The summed E-state index contributed by atoms with van der Waals surface area (Å²) in [6.45, 7) is 0. The molecule has 0 saturated carbocycles. The van der Waals surface area contributed by atoms with E-state index in [1.807, 2.05) is 0 Å². The molecule has 0 atom stereocenters. The van der Waals surface area contributed by atoms with Gasteiger partial charge in [-0.25, -0.2) is 0 Å². The summed E-state index contributed by atoms with van der Waals surface area (Å²) < 4.78 is 4.38. The second-order valence-electron chi connectivity index (χ2n) is 8.65. The third kappa shape index (κ3) is 2.62. The Bertz CT molecular complexity index is 211. The van der Waals surface area contributed by atoms with Crippen LogP contribution in [0.15, 0.2) is 0 Å². The van der Waals surface area contributed by atoms with Crippen LogP contribution in [0.4, 0.5) is 0 Å².